The molecule has 2 heterocycles. The van der Waals surface area contributed by atoms with Gasteiger partial charge in [-0.3, -0.25) is 14.4 Å². The van der Waals surface area contributed by atoms with Crippen molar-refractivity contribution < 1.29 is 24.2 Å². The van der Waals surface area contributed by atoms with Crippen molar-refractivity contribution >= 4 is 22.7 Å². The smallest absolute Gasteiger partial charge is 0.257 e. The summed E-state index contributed by atoms with van der Waals surface area (Å²) in [7, 11) is 0. The first-order chi connectivity index (χ1) is 13.0. The molecular formula is C18H21N3O6. The minimum atomic E-state index is -0.856. The van der Waals surface area contributed by atoms with E-state index in [4.69, 9.17) is 14.6 Å². The molecule has 1 atom stereocenters. The third-order valence-corrected chi connectivity index (χ3v) is 4.31. The van der Waals surface area contributed by atoms with E-state index in [2.05, 4.69) is 10.6 Å². The average molecular weight is 375 g/mol. The van der Waals surface area contributed by atoms with Crippen molar-refractivity contribution in [2.75, 3.05) is 19.9 Å². The van der Waals surface area contributed by atoms with Crippen molar-refractivity contribution in [3.63, 3.8) is 0 Å². The van der Waals surface area contributed by atoms with Crippen LogP contribution < -0.4 is 25.5 Å². The van der Waals surface area contributed by atoms with E-state index in [1.54, 1.807) is 16.7 Å². The fourth-order valence-electron chi connectivity index (χ4n) is 2.88. The number of amides is 2. The Labute approximate surface area is 154 Å². The van der Waals surface area contributed by atoms with E-state index in [0.29, 0.717) is 28.9 Å². The number of pyridine rings is 1. The fraction of sp³-hybridized carbons (Fsp3) is 0.389. The lowest BCUT2D eigenvalue weighted by molar-refractivity contribution is -0.122. The van der Waals surface area contributed by atoms with Gasteiger partial charge in [-0.05, 0) is 19.9 Å². The molecule has 0 fully saturated rings. The number of carbonyl (C=O) groups excluding carboxylic acids is 2. The zero-order valence-electron chi connectivity index (χ0n) is 15.1. The van der Waals surface area contributed by atoms with Crippen LogP contribution in [-0.4, -0.2) is 47.5 Å². The SMILES string of the molecule is CCn1cc(C(=O)N[C@@H](C)C(=O)NCCO)c(=O)c2cc3c(cc21)OCO3. The van der Waals surface area contributed by atoms with Crippen LogP contribution in [0.2, 0.25) is 0 Å². The summed E-state index contributed by atoms with van der Waals surface area (Å²) in [5, 5.41) is 14.1. The van der Waals surface area contributed by atoms with Gasteiger partial charge in [-0.15, -0.1) is 0 Å². The Bertz CT molecular complexity index is 952. The second kappa shape index (κ2) is 7.67. The second-order valence-corrected chi connectivity index (χ2v) is 6.09. The third-order valence-electron chi connectivity index (χ3n) is 4.31. The third kappa shape index (κ3) is 3.59. The second-order valence-electron chi connectivity index (χ2n) is 6.09. The standard InChI is InChI=1S/C18H21N3O6/c1-3-21-8-12(18(25)20-10(2)17(24)19-4-5-22)16(23)11-6-14-15(7-13(11)21)27-9-26-14/h6-8,10,22H,3-5,9H2,1-2H3,(H,19,24)(H,20,25)/t10-/m0/s1. The predicted octanol–water partition coefficient (Wildman–Crippen LogP) is -0.0231. The summed E-state index contributed by atoms with van der Waals surface area (Å²) in [6, 6.07) is 2.43. The molecule has 0 radical (unpaired) electrons. The number of aliphatic hydroxyl groups excluding tert-OH is 1. The number of hydrogen-bond donors (Lipinski definition) is 3. The molecule has 9 heteroatoms. The highest BCUT2D eigenvalue weighted by Gasteiger charge is 2.22. The van der Waals surface area contributed by atoms with Crippen molar-refractivity contribution in [2.24, 2.45) is 0 Å². The van der Waals surface area contributed by atoms with Gasteiger partial charge in [0.2, 0.25) is 18.1 Å². The molecule has 1 aromatic carbocycles. The van der Waals surface area contributed by atoms with Crippen LogP contribution in [0.4, 0.5) is 0 Å². The van der Waals surface area contributed by atoms with Gasteiger partial charge in [-0.25, -0.2) is 0 Å². The molecule has 2 amide bonds. The Morgan fingerprint density at radius 2 is 2.00 bits per heavy atom. The van der Waals surface area contributed by atoms with Crippen molar-refractivity contribution in [3.8, 4) is 11.5 Å². The van der Waals surface area contributed by atoms with Gasteiger partial charge in [0, 0.05) is 25.4 Å². The van der Waals surface area contributed by atoms with Crippen LogP contribution in [0.15, 0.2) is 23.1 Å². The first kappa shape index (κ1) is 18.7. The normalized spacial score (nSPS) is 13.4. The molecule has 0 aliphatic carbocycles. The molecule has 9 nitrogen and oxygen atoms in total. The number of benzene rings is 1. The molecule has 1 aliphatic heterocycles. The minimum Gasteiger partial charge on any atom is -0.454 e. The lowest BCUT2D eigenvalue weighted by Crippen LogP contribution is -2.46. The van der Waals surface area contributed by atoms with E-state index < -0.39 is 23.3 Å². The van der Waals surface area contributed by atoms with Crippen molar-refractivity contribution in [3.05, 3.63) is 34.1 Å². The Kier molecular flexibility index (Phi) is 5.31. The van der Waals surface area contributed by atoms with Gasteiger partial charge in [-0.2, -0.15) is 0 Å². The molecule has 0 saturated carbocycles. The minimum absolute atomic E-state index is 0.0648. The highest BCUT2D eigenvalue weighted by Crippen LogP contribution is 2.35. The van der Waals surface area contributed by atoms with Gasteiger partial charge in [0.1, 0.15) is 11.6 Å². The summed E-state index contributed by atoms with van der Waals surface area (Å²) < 4.78 is 12.4. The van der Waals surface area contributed by atoms with Gasteiger partial charge in [0.05, 0.1) is 17.5 Å². The molecular weight excluding hydrogens is 354 g/mol. The highest BCUT2D eigenvalue weighted by molar-refractivity contribution is 6.00. The number of aliphatic hydroxyl groups is 1. The fourth-order valence-corrected chi connectivity index (χ4v) is 2.88. The van der Waals surface area contributed by atoms with E-state index in [0.717, 1.165) is 0 Å². The summed E-state index contributed by atoms with van der Waals surface area (Å²) in [6.45, 7) is 3.89. The van der Waals surface area contributed by atoms with Gasteiger partial charge >= 0.3 is 0 Å². The molecule has 144 valence electrons. The number of aryl methyl sites for hydroxylation is 1. The maximum Gasteiger partial charge on any atom is 0.257 e. The molecule has 3 rings (SSSR count). The number of hydrogen-bond acceptors (Lipinski definition) is 6. The first-order valence-electron chi connectivity index (χ1n) is 8.62. The quantitative estimate of drug-likeness (QED) is 0.653. The van der Waals surface area contributed by atoms with Crippen LogP contribution in [0, 0.1) is 0 Å². The molecule has 2 aromatic rings. The zero-order valence-corrected chi connectivity index (χ0v) is 15.1. The molecule has 1 aromatic heterocycles. The summed E-state index contributed by atoms with van der Waals surface area (Å²) in [4.78, 5) is 37.3. The van der Waals surface area contributed by atoms with Crippen LogP contribution in [0.1, 0.15) is 24.2 Å². The van der Waals surface area contributed by atoms with Crippen LogP contribution in [0.25, 0.3) is 10.9 Å². The Hall–Kier alpha value is -3.07. The Morgan fingerprint density at radius 1 is 1.30 bits per heavy atom. The molecule has 27 heavy (non-hydrogen) atoms. The monoisotopic (exact) mass is 375 g/mol. The largest absolute Gasteiger partial charge is 0.454 e. The van der Waals surface area contributed by atoms with Gasteiger partial charge in [0.25, 0.3) is 5.91 Å². The Morgan fingerprint density at radius 3 is 2.67 bits per heavy atom. The molecule has 0 saturated heterocycles. The maximum atomic E-state index is 12.9. The topological polar surface area (TPSA) is 119 Å². The predicted molar refractivity (Wildman–Crippen MR) is 97.0 cm³/mol. The van der Waals surface area contributed by atoms with E-state index in [-0.39, 0.29) is 25.5 Å². The number of nitrogens with zero attached hydrogens (tertiary/aromatic N) is 1. The lowest BCUT2D eigenvalue weighted by atomic mass is 10.1. The number of nitrogens with one attached hydrogen (secondary N) is 2. The number of carbonyl (C=O) groups is 2. The van der Waals surface area contributed by atoms with Crippen molar-refractivity contribution in [1.29, 1.82) is 0 Å². The van der Waals surface area contributed by atoms with Crippen LogP contribution >= 0.6 is 0 Å². The summed E-state index contributed by atoms with van der Waals surface area (Å²) in [6.07, 6.45) is 1.47. The number of aromatic nitrogens is 1. The molecule has 0 unspecified atom stereocenters. The number of fused-ring (bicyclic) bond motifs is 2. The molecule has 3 N–H and O–H groups in total. The van der Waals surface area contributed by atoms with Crippen LogP contribution in [0.5, 0.6) is 11.5 Å². The maximum absolute atomic E-state index is 12.9. The first-order valence-corrected chi connectivity index (χ1v) is 8.62. The molecule has 0 spiro atoms. The summed E-state index contributed by atoms with van der Waals surface area (Å²) in [5.41, 5.74) is 0.121. The van der Waals surface area contributed by atoms with E-state index in [9.17, 15) is 14.4 Å². The zero-order chi connectivity index (χ0) is 19.6. The van der Waals surface area contributed by atoms with Crippen molar-refractivity contribution in [2.45, 2.75) is 26.4 Å². The summed E-state index contributed by atoms with van der Waals surface area (Å²) >= 11 is 0. The molecule has 0 bridgehead atoms. The van der Waals surface area contributed by atoms with Crippen LogP contribution in [-0.2, 0) is 11.3 Å². The molecule has 1 aliphatic rings. The van der Waals surface area contributed by atoms with E-state index >= 15 is 0 Å². The lowest BCUT2D eigenvalue weighted by Gasteiger charge is -2.15. The number of ether oxygens (including phenoxy) is 2. The average Bonchev–Trinajstić information content (AvgIpc) is 3.12. The van der Waals surface area contributed by atoms with Gasteiger partial charge in [-0.1, -0.05) is 0 Å². The van der Waals surface area contributed by atoms with Crippen molar-refractivity contribution in [1.82, 2.24) is 15.2 Å². The highest BCUT2D eigenvalue weighted by atomic mass is 16.7. The Balaban J connectivity index is 1.96. The van der Waals surface area contributed by atoms with Gasteiger partial charge < -0.3 is 29.8 Å². The number of rotatable bonds is 6. The van der Waals surface area contributed by atoms with E-state index in [1.807, 2.05) is 6.92 Å². The van der Waals surface area contributed by atoms with Crippen LogP contribution in [0.3, 0.4) is 0 Å². The summed E-state index contributed by atoms with van der Waals surface area (Å²) in [5.74, 6) is -0.0853. The van der Waals surface area contributed by atoms with Gasteiger partial charge in [0.15, 0.2) is 11.5 Å². The van der Waals surface area contributed by atoms with E-state index in [1.165, 1.54) is 13.1 Å².